The smallest absolute Gasteiger partial charge is 0.251 e. The van der Waals surface area contributed by atoms with Gasteiger partial charge in [-0.3, -0.25) is 4.79 Å². The summed E-state index contributed by atoms with van der Waals surface area (Å²) >= 11 is 0. The van der Waals surface area contributed by atoms with E-state index in [1.807, 2.05) is 0 Å². The normalized spacial score (nSPS) is 16.9. The van der Waals surface area contributed by atoms with Crippen LogP contribution in [-0.2, 0) is 16.6 Å². The van der Waals surface area contributed by atoms with Gasteiger partial charge in [0.1, 0.15) is 0 Å². The molecule has 3 rings (SSSR count). The molecule has 1 saturated heterocycles. The summed E-state index contributed by atoms with van der Waals surface area (Å²) in [6.45, 7) is 3.18. The molecule has 0 bridgehead atoms. The lowest BCUT2D eigenvalue weighted by Crippen LogP contribution is -2.36. The lowest BCUT2D eigenvalue weighted by Gasteiger charge is -2.11. The van der Waals surface area contributed by atoms with Crippen molar-refractivity contribution in [3.8, 4) is 0 Å². The van der Waals surface area contributed by atoms with Crippen molar-refractivity contribution >= 4 is 28.3 Å². The Bertz CT molecular complexity index is 847. The van der Waals surface area contributed by atoms with Gasteiger partial charge >= 0.3 is 0 Å². The summed E-state index contributed by atoms with van der Waals surface area (Å²) in [6.07, 6.45) is 0.887. The Balaban J connectivity index is 0.00000243. The van der Waals surface area contributed by atoms with Crippen LogP contribution in [-0.4, -0.2) is 43.6 Å². The minimum absolute atomic E-state index is 0. The van der Waals surface area contributed by atoms with E-state index < -0.39 is 10.0 Å². The third-order valence-corrected chi connectivity index (χ3v) is 5.23. The molecule has 142 valence electrons. The van der Waals surface area contributed by atoms with Gasteiger partial charge < -0.3 is 15.2 Å². The summed E-state index contributed by atoms with van der Waals surface area (Å²) in [7, 11) is -3.73. The summed E-state index contributed by atoms with van der Waals surface area (Å²) in [4.78, 5) is 16.1. The summed E-state index contributed by atoms with van der Waals surface area (Å²) in [6, 6.07) is 5.88. The average molecular weight is 402 g/mol. The summed E-state index contributed by atoms with van der Waals surface area (Å²) < 4.78 is 31.7. The van der Waals surface area contributed by atoms with Crippen LogP contribution >= 0.6 is 12.4 Å². The number of aromatic nitrogens is 2. The van der Waals surface area contributed by atoms with E-state index in [1.54, 1.807) is 6.92 Å². The van der Waals surface area contributed by atoms with E-state index in [4.69, 9.17) is 4.52 Å². The zero-order valence-corrected chi connectivity index (χ0v) is 15.7. The maximum Gasteiger partial charge on any atom is 0.251 e. The molecule has 11 heteroatoms. The molecule has 0 unspecified atom stereocenters. The molecule has 1 aromatic heterocycles. The average Bonchev–Trinajstić information content (AvgIpc) is 3.25. The monoisotopic (exact) mass is 401 g/mol. The number of amides is 1. The lowest BCUT2D eigenvalue weighted by atomic mass is 10.2. The maximum absolute atomic E-state index is 12.3. The van der Waals surface area contributed by atoms with Gasteiger partial charge in [0.25, 0.3) is 5.91 Å². The van der Waals surface area contributed by atoms with Crippen LogP contribution in [0, 0.1) is 6.92 Å². The standard InChI is InChI=1S/C15H19N5O4S.ClH/c1-10-18-14(20-24-10)9-17-25(22,23)13-4-2-11(3-5-13)15(21)19-12-6-7-16-8-12;/h2-5,12,16-17H,6-9H2,1H3,(H,19,21);1H/t12-;/m0./s1. The fourth-order valence-corrected chi connectivity index (χ4v) is 3.47. The molecule has 1 amide bonds. The summed E-state index contributed by atoms with van der Waals surface area (Å²) in [5, 5.41) is 9.70. The second-order valence-corrected chi connectivity index (χ2v) is 7.51. The molecular formula is C15H20ClN5O4S. The number of aryl methyl sites for hydroxylation is 1. The van der Waals surface area contributed by atoms with Crippen molar-refractivity contribution in [3.05, 3.63) is 41.5 Å². The van der Waals surface area contributed by atoms with Crippen molar-refractivity contribution < 1.29 is 17.7 Å². The topological polar surface area (TPSA) is 126 Å². The maximum atomic E-state index is 12.3. The lowest BCUT2D eigenvalue weighted by molar-refractivity contribution is 0.0940. The Morgan fingerprint density at radius 1 is 1.35 bits per heavy atom. The molecule has 0 aliphatic carbocycles. The molecule has 26 heavy (non-hydrogen) atoms. The van der Waals surface area contributed by atoms with Gasteiger partial charge in [-0.15, -0.1) is 12.4 Å². The highest BCUT2D eigenvalue weighted by molar-refractivity contribution is 7.89. The van der Waals surface area contributed by atoms with Gasteiger partial charge in [0, 0.05) is 25.1 Å². The molecule has 1 aromatic carbocycles. The van der Waals surface area contributed by atoms with Crippen LogP contribution < -0.4 is 15.4 Å². The number of halogens is 1. The Morgan fingerprint density at radius 3 is 2.65 bits per heavy atom. The van der Waals surface area contributed by atoms with E-state index in [-0.39, 0.29) is 41.6 Å². The van der Waals surface area contributed by atoms with Crippen molar-refractivity contribution in [1.29, 1.82) is 0 Å². The molecule has 2 aromatic rings. The Hall–Kier alpha value is -2.01. The Labute approximate surface area is 157 Å². The van der Waals surface area contributed by atoms with E-state index in [2.05, 4.69) is 25.5 Å². The van der Waals surface area contributed by atoms with Crippen LogP contribution in [0.25, 0.3) is 0 Å². The molecule has 1 aliphatic heterocycles. The predicted molar refractivity (Wildman–Crippen MR) is 95.5 cm³/mol. The summed E-state index contributed by atoms with van der Waals surface area (Å²) in [5.41, 5.74) is 0.416. The predicted octanol–water partition coefficient (Wildman–Crippen LogP) is 0.370. The Morgan fingerprint density at radius 2 is 2.08 bits per heavy atom. The Kier molecular flexibility index (Phi) is 6.70. The van der Waals surface area contributed by atoms with E-state index in [9.17, 15) is 13.2 Å². The zero-order valence-electron chi connectivity index (χ0n) is 14.1. The SMILES string of the molecule is Cc1nc(CNS(=O)(=O)c2ccc(C(=O)N[C@H]3CCNC3)cc2)no1.Cl. The molecule has 3 N–H and O–H groups in total. The minimum atomic E-state index is -3.73. The van der Waals surface area contributed by atoms with Crippen molar-refractivity contribution in [1.82, 2.24) is 25.5 Å². The largest absolute Gasteiger partial charge is 0.348 e. The molecule has 2 heterocycles. The van der Waals surface area contributed by atoms with Crippen molar-refractivity contribution in [3.63, 3.8) is 0 Å². The third-order valence-electron chi connectivity index (χ3n) is 3.81. The van der Waals surface area contributed by atoms with Gasteiger partial charge in [0.15, 0.2) is 5.82 Å². The second-order valence-electron chi connectivity index (χ2n) is 5.74. The van der Waals surface area contributed by atoms with Gasteiger partial charge in [-0.1, -0.05) is 5.16 Å². The van der Waals surface area contributed by atoms with Crippen LogP contribution in [0.1, 0.15) is 28.5 Å². The summed E-state index contributed by atoms with van der Waals surface area (Å²) in [5.74, 6) is 0.400. The molecule has 1 aliphatic rings. The first-order chi connectivity index (χ1) is 11.9. The van der Waals surface area contributed by atoms with Crippen LogP contribution in [0.5, 0.6) is 0 Å². The van der Waals surface area contributed by atoms with Gasteiger partial charge in [-0.25, -0.2) is 13.1 Å². The highest BCUT2D eigenvalue weighted by Gasteiger charge is 2.19. The first kappa shape index (κ1) is 20.3. The van der Waals surface area contributed by atoms with Gasteiger partial charge in [-0.05, 0) is 37.2 Å². The number of sulfonamides is 1. The van der Waals surface area contributed by atoms with Crippen molar-refractivity contribution in [2.75, 3.05) is 13.1 Å². The quantitative estimate of drug-likeness (QED) is 0.638. The molecule has 1 atom stereocenters. The molecular weight excluding hydrogens is 382 g/mol. The van der Waals surface area contributed by atoms with E-state index in [0.717, 1.165) is 19.5 Å². The molecule has 0 spiro atoms. The highest BCUT2D eigenvalue weighted by Crippen LogP contribution is 2.12. The fraction of sp³-hybridized carbons (Fsp3) is 0.400. The number of nitrogens with zero attached hydrogens (tertiary/aromatic N) is 2. The first-order valence-electron chi connectivity index (χ1n) is 7.84. The molecule has 1 fully saturated rings. The molecule has 0 radical (unpaired) electrons. The van der Waals surface area contributed by atoms with Crippen LogP contribution in [0.4, 0.5) is 0 Å². The van der Waals surface area contributed by atoms with Crippen molar-refractivity contribution in [2.24, 2.45) is 0 Å². The van der Waals surface area contributed by atoms with E-state index in [0.29, 0.717) is 11.5 Å². The highest BCUT2D eigenvalue weighted by atomic mass is 35.5. The number of hydrogen-bond acceptors (Lipinski definition) is 7. The van der Waals surface area contributed by atoms with Crippen LogP contribution in [0.2, 0.25) is 0 Å². The van der Waals surface area contributed by atoms with Crippen LogP contribution in [0.15, 0.2) is 33.7 Å². The molecule has 0 saturated carbocycles. The molecule has 9 nitrogen and oxygen atoms in total. The number of carbonyl (C=O) groups excluding carboxylic acids is 1. The first-order valence-corrected chi connectivity index (χ1v) is 9.33. The van der Waals surface area contributed by atoms with Gasteiger partial charge in [-0.2, -0.15) is 4.98 Å². The number of rotatable bonds is 6. The van der Waals surface area contributed by atoms with Gasteiger partial charge in [0.2, 0.25) is 15.9 Å². The second kappa shape index (κ2) is 8.58. The number of carbonyl (C=O) groups is 1. The third kappa shape index (κ3) is 5.01. The number of nitrogens with one attached hydrogen (secondary N) is 3. The number of benzene rings is 1. The van der Waals surface area contributed by atoms with E-state index in [1.165, 1.54) is 24.3 Å². The number of hydrogen-bond donors (Lipinski definition) is 3. The zero-order chi connectivity index (χ0) is 17.9. The minimum Gasteiger partial charge on any atom is -0.348 e. The van der Waals surface area contributed by atoms with Crippen LogP contribution in [0.3, 0.4) is 0 Å². The fourth-order valence-electron chi connectivity index (χ4n) is 2.49. The van der Waals surface area contributed by atoms with Gasteiger partial charge in [0.05, 0.1) is 11.4 Å². The van der Waals surface area contributed by atoms with E-state index >= 15 is 0 Å². The van der Waals surface area contributed by atoms with Crippen molar-refractivity contribution in [2.45, 2.75) is 30.8 Å².